The van der Waals surface area contributed by atoms with E-state index in [0.29, 0.717) is 5.69 Å². The normalized spacial score (nSPS) is 14.6. The molecular formula is C11H13N5O. The molecule has 0 atom stereocenters. The standard InChI is InChI=1S/C11H13N5O/c1-12-11(17)7-4-9-8(5-14-7)15-10-6-13-2-3-16(9)10/h4-5,13H,2-3,6H2,1H3,(H,12,17). The number of pyridine rings is 1. The van der Waals surface area contributed by atoms with Crippen molar-refractivity contribution in [2.24, 2.45) is 0 Å². The van der Waals surface area contributed by atoms with Gasteiger partial charge >= 0.3 is 0 Å². The van der Waals surface area contributed by atoms with Crippen LogP contribution in [0.3, 0.4) is 0 Å². The van der Waals surface area contributed by atoms with Gasteiger partial charge < -0.3 is 15.2 Å². The van der Waals surface area contributed by atoms with Crippen LogP contribution in [0.5, 0.6) is 0 Å². The summed E-state index contributed by atoms with van der Waals surface area (Å²) in [4.78, 5) is 20.1. The minimum Gasteiger partial charge on any atom is -0.354 e. The quantitative estimate of drug-likeness (QED) is 0.718. The maximum Gasteiger partial charge on any atom is 0.269 e. The highest BCUT2D eigenvalue weighted by atomic mass is 16.1. The van der Waals surface area contributed by atoms with E-state index in [2.05, 4.69) is 25.2 Å². The molecule has 0 radical (unpaired) electrons. The SMILES string of the molecule is CNC(=O)c1cc2c(cn1)nc1n2CCNC1. The second-order valence-electron chi connectivity index (χ2n) is 3.99. The van der Waals surface area contributed by atoms with Crippen molar-refractivity contribution in [2.45, 2.75) is 13.1 Å². The van der Waals surface area contributed by atoms with Gasteiger partial charge in [-0.3, -0.25) is 4.79 Å². The Balaban J connectivity index is 2.17. The molecular weight excluding hydrogens is 218 g/mol. The number of carbonyl (C=O) groups excluding carboxylic acids is 1. The highest BCUT2D eigenvalue weighted by Crippen LogP contribution is 2.18. The highest BCUT2D eigenvalue weighted by Gasteiger charge is 2.16. The Labute approximate surface area is 98.1 Å². The van der Waals surface area contributed by atoms with Crippen molar-refractivity contribution in [1.29, 1.82) is 0 Å². The first-order valence-electron chi connectivity index (χ1n) is 5.57. The number of rotatable bonds is 1. The zero-order chi connectivity index (χ0) is 11.8. The highest BCUT2D eigenvalue weighted by molar-refractivity contribution is 5.95. The first kappa shape index (κ1) is 10.2. The summed E-state index contributed by atoms with van der Waals surface area (Å²) in [5, 5.41) is 5.84. The van der Waals surface area contributed by atoms with Gasteiger partial charge in [0, 0.05) is 20.1 Å². The summed E-state index contributed by atoms with van der Waals surface area (Å²) < 4.78 is 2.14. The zero-order valence-corrected chi connectivity index (χ0v) is 9.53. The molecule has 0 aliphatic carbocycles. The van der Waals surface area contributed by atoms with Crippen LogP contribution in [0, 0.1) is 0 Å². The zero-order valence-electron chi connectivity index (χ0n) is 9.53. The monoisotopic (exact) mass is 231 g/mol. The smallest absolute Gasteiger partial charge is 0.269 e. The molecule has 2 aromatic rings. The molecule has 6 heteroatoms. The molecule has 88 valence electrons. The van der Waals surface area contributed by atoms with E-state index in [1.54, 1.807) is 19.3 Å². The van der Waals surface area contributed by atoms with Gasteiger partial charge in [0.15, 0.2) is 0 Å². The van der Waals surface area contributed by atoms with Crippen molar-refractivity contribution in [3.8, 4) is 0 Å². The number of fused-ring (bicyclic) bond motifs is 3. The number of hydrogen-bond donors (Lipinski definition) is 2. The summed E-state index contributed by atoms with van der Waals surface area (Å²) in [5.74, 6) is 0.832. The molecule has 0 bridgehead atoms. The van der Waals surface area contributed by atoms with E-state index >= 15 is 0 Å². The van der Waals surface area contributed by atoms with Gasteiger partial charge in [-0.05, 0) is 6.07 Å². The van der Waals surface area contributed by atoms with Crippen molar-refractivity contribution in [2.75, 3.05) is 13.6 Å². The van der Waals surface area contributed by atoms with Crippen LogP contribution < -0.4 is 10.6 Å². The fourth-order valence-electron chi connectivity index (χ4n) is 2.11. The van der Waals surface area contributed by atoms with Gasteiger partial charge in [0.05, 0.1) is 18.3 Å². The third-order valence-electron chi connectivity index (χ3n) is 2.97. The fourth-order valence-corrected chi connectivity index (χ4v) is 2.11. The lowest BCUT2D eigenvalue weighted by Gasteiger charge is -2.15. The second kappa shape index (κ2) is 3.81. The lowest BCUT2D eigenvalue weighted by Crippen LogP contribution is -2.28. The molecule has 2 N–H and O–H groups in total. The average molecular weight is 231 g/mol. The Morgan fingerprint density at radius 3 is 3.29 bits per heavy atom. The van der Waals surface area contributed by atoms with Crippen LogP contribution in [0.15, 0.2) is 12.3 Å². The van der Waals surface area contributed by atoms with Crippen molar-refractivity contribution in [3.63, 3.8) is 0 Å². The second-order valence-corrected chi connectivity index (χ2v) is 3.99. The average Bonchev–Trinajstić information content (AvgIpc) is 2.75. The number of amides is 1. The molecule has 0 aromatic carbocycles. The number of imidazole rings is 1. The van der Waals surface area contributed by atoms with Gasteiger partial charge in [-0.1, -0.05) is 0 Å². The van der Waals surface area contributed by atoms with E-state index in [1.165, 1.54) is 0 Å². The topological polar surface area (TPSA) is 71.8 Å². The lowest BCUT2D eigenvalue weighted by atomic mass is 10.3. The van der Waals surface area contributed by atoms with Crippen LogP contribution in [0.4, 0.5) is 0 Å². The van der Waals surface area contributed by atoms with Gasteiger partial charge in [-0.15, -0.1) is 0 Å². The van der Waals surface area contributed by atoms with Crippen molar-refractivity contribution in [3.05, 3.63) is 23.8 Å². The number of aromatic nitrogens is 3. The first-order chi connectivity index (χ1) is 8.29. The van der Waals surface area contributed by atoms with Crippen LogP contribution in [-0.4, -0.2) is 34.0 Å². The van der Waals surface area contributed by atoms with Crippen LogP contribution in [0.1, 0.15) is 16.3 Å². The third kappa shape index (κ3) is 1.57. The van der Waals surface area contributed by atoms with E-state index in [0.717, 1.165) is 36.5 Å². The van der Waals surface area contributed by atoms with Crippen LogP contribution in [0.2, 0.25) is 0 Å². The summed E-state index contributed by atoms with van der Waals surface area (Å²) in [7, 11) is 1.60. The molecule has 0 fully saturated rings. The maximum absolute atomic E-state index is 11.5. The minimum absolute atomic E-state index is 0.170. The molecule has 1 amide bonds. The van der Waals surface area contributed by atoms with Crippen LogP contribution in [0.25, 0.3) is 11.0 Å². The van der Waals surface area contributed by atoms with Crippen molar-refractivity contribution >= 4 is 16.9 Å². The summed E-state index contributed by atoms with van der Waals surface area (Å²) in [6, 6.07) is 1.80. The Bertz CT molecular complexity index is 589. The van der Waals surface area contributed by atoms with E-state index in [-0.39, 0.29) is 5.91 Å². The number of nitrogens with zero attached hydrogens (tertiary/aromatic N) is 3. The Morgan fingerprint density at radius 1 is 1.59 bits per heavy atom. The van der Waals surface area contributed by atoms with Crippen LogP contribution >= 0.6 is 0 Å². The molecule has 0 spiro atoms. The predicted octanol–water partition coefficient (Wildman–Crippen LogP) is -0.106. The number of hydrogen-bond acceptors (Lipinski definition) is 4. The van der Waals surface area contributed by atoms with E-state index in [9.17, 15) is 4.79 Å². The van der Waals surface area contributed by atoms with Gasteiger partial charge in [-0.25, -0.2) is 9.97 Å². The molecule has 6 nitrogen and oxygen atoms in total. The molecule has 0 unspecified atom stereocenters. The molecule has 3 rings (SSSR count). The third-order valence-corrected chi connectivity index (χ3v) is 2.97. The van der Waals surface area contributed by atoms with Gasteiger partial charge in [-0.2, -0.15) is 0 Å². The molecule has 2 aromatic heterocycles. The predicted molar refractivity (Wildman–Crippen MR) is 62.6 cm³/mol. The first-order valence-corrected chi connectivity index (χ1v) is 5.57. The number of nitrogens with one attached hydrogen (secondary N) is 2. The summed E-state index contributed by atoms with van der Waals surface area (Å²) in [6.45, 7) is 2.57. The summed E-state index contributed by atoms with van der Waals surface area (Å²) in [6.07, 6.45) is 1.66. The molecule has 1 aliphatic rings. The largest absolute Gasteiger partial charge is 0.354 e. The van der Waals surface area contributed by atoms with E-state index in [1.807, 2.05) is 0 Å². The maximum atomic E-state index is 11.5. The summed E-state index contributed by atoms with van der Waals surface area (Å²) >= 11 is 0. The van der Waals surface area contributed by atoms with Crippen molar-refractivity contribution in [1.82, 2.24) is 25.2 Å². The Morgan fingerprint density at radius 2 is 2.47 bits per heavy atom. The van der Waals surface area contributed by atoms with Crippen LogP contribution in [-0.2, 0) is 13.1 Å². The van der Waals surface area contributed by atoms with Gasteiger partial charge in [0.25, 0.3) is 5.91 Å². The van der Waals surface area contributed by atoms with Crippen molar-refractivity contribution < 1.29 is 4.79 Å². The summed E-state index contributed by atoms with van der Waals surface area (Å²) in [5.41, 5.74) is 2.26. The fraction of sp³-hybridized carbons (Fsp3) is 0.364. The molecule has 1 aliphatic heterocycles. The molecule has 0 saturated heterocycles. The number of carbonyl (C=O) groups is 1. The molecule has 0 saturated carbocycles. The Hall–Kier alpha value is -1.95. The van der Waals surface area contributed by atoms with E-state index < -0.39 is 0 Å². The molecule has 3 heterocycles. The minimum atomic E-state index is -0.170. The molecule has 17 heavy (non-hydrogen) atoms. The Kier molecular flexibility index (Phi) is 2.29. The van der Waals surface area contributed by atoms with Gasteiger partial charge in [0.1, 0.15) is 17.0 Å². The lowest BCUT2D eigenvalue weighted by molar-refractivity contribution is 0.0958. The van der Waals surface area contributed by atoms with E-state index in [4.69, 9.17) is 0 Å². The van der Waals surface area contributed by atoms with Gasteiger partial charge in [0.2, 0.25) is 0 Å².